The molecule has 5 nitrogen and oxygen atoms in total. The van der Waals surface area contributed by atoms with Crippen LogP contribution in [0.2, 0.25) is 0 Å². The van der Waals surface area contributed by atoms with Crippen LogP contribution in [-0.4, -0.2) is 20.7 Å². The van der Waals surface area contributed by atoms with Crippen LogP contribution in [0.5, 0.6) is 0 Å². The number of pyridine rings is 1. The highest BCUT2D eigenvalue weighted by Gasteiger charge is 2.26. The minimum Gasteiger partial charge on any atom is -0.338 e. The second kappa shape index (κ2) is 7.66. The van der Waals surface area contributed by atoms with E-state index in [1.807, 2.05) is 36.5 Å². The van der Waals surface area contributed by atoms with Gasteiger partial charge in [0.1, 0.15) is 11.3 Å². The van der Waals surface area contributed by atoms with Crippen LogP contribution in [-0.2, 0) is 6.42 Å². The third kappa shape index (κ3) is 3.83. The summed E-state index contributed by atoms with van der Waals surface area (Å²) in [6.45, 7) is 2.08. The molecule has 32 heavy (non-hydrogen) atoms. The largest absolute Gasteiger partial charge is 0.338 e. The van der Waals surface area contributed by atoms with E-state index < -0.39 is 0 Å². The third-order valence-corrected chi connectivity index (χ3v) is 6.64. The molecule has 160 valence electrons. The number of Topliss-reactive ketones (excluding diaryl/α,β-unsaturated/α-hetero) is 1. The molecule has 0 aliphatic heterocycles. The van der Waals surface area contributed by atoms with Crippen molar-refractivity contribution in [3.05, 3.63) is 65.6 Å². The summed E-state index contributed by atoms with van der Waals surface area (Å²) in [6, 6.07) is 14.0. The monoisotopic (exact) mass is 422 g/mol. The number of aromatic nitrogens is 3. The molecule has 2 aromatic heterocycles. The summed E-state index contributed by atoms with van der Waals surface area (Å²) in [6.07, 6.45) is 8.37. The van der Waals surface area contributed by atoms with Gasteiger partial charge in [-0.2, -0.15) is 0 Å². The van der Waals surface area contributed by atoms with E-state index in [2.05, 4.69) is 29.4 Å². The number of carbonyl (C=O) groups excluding carboxylic acids is 1. The molecule has 2 saturated carbocycles. The number of nitrogens with zero attached hydrogens (tertiary/aromatic N) is 3. The first kappa shape index (κ1) is 19.4. The SMILES string of the molecule is Cc1ccccc1Nc1nc2cc(C(=O)CC3CC3)ccc2c2cnc(CC3CC3)nc12. The van der Waals surface area contributed by atoms with E-state index in [4.69, 9.17) is 9.97 Å². The van der Waals surface area contributed by atoms with Crippen LogP contribution in [0, 0.1) is 18.8 Å². The Kier molecular flexibility index (Phi) is 4.63. The lowest BCUT2D eigenvalue weighted by Gasteiger charge is -2.14. The number of hydrogen-bond acceptors (Lipinski definition) is 5. The summed E-state index contributed by atoms with van der Waals surface area (Å²) < 4.78 is 0. The van der Waals surface area contributed by atoms with Crippen molar-refractivity contribution in [2.24, 2.45) is 11.8 Å². The number of carbonyl (C=O) groups is 1. The normalized spacial score (nSPS) is 15.9. The second-order valence-electron chi connectivity index (χ2n) is 9.40. The molecule has 2 aliphatic carbocycles. The van der Waals surface area contributed by atoms with Crippen LogP contribution in [0.3, 0.4) is 0 Å². The lowest BCUT2D eigenvalue weighted by atomic mass is 10.0. The van der Waals surface area contributed by atoms with E-state index in [1.54, 1.807) is 0 Å². The van der Waals surface area contributed by atoms with Gasteiger partial charge in [-0.1, -0.05) is 30.3 Å². The molecule has 0 unspecified atom stereocenters. The molecular formula is C27H26N4O. The Morgan fingerprint density at radius 3 is 2.59 bits per heavy atom. The maximum Gasteiger partial charge on any atom is 0.163 e. The molecule has 1 N–H and O–H groups in total. The first-order valence-corrected chi connectivity index (χ1v) is 11.6. The average Bonchev–Trinajstić information content (AvgIpc) is 3.72. The summed E-state index contributed by atoms with van der Waals surface area (Å²) >= 11 is 0. The van der Waals surface area contributed by atoms with Crippen molar-refractivity contribution < 1.29 is 4.79 Å². The maximum atomic E-state index is 12.7. The van der Waals surface area contributed by atoms with Crippen molar-refractivity contribution in [2.75, 3.05) is 5.32 Å². The van der Waals surface area contributed by atoms with E-state index in [0.717, 1.165) is 50.9 Å². The van der Waals surface area contributed by atoms with E-state index in [-0.39, 0.29) is 5.78 Å². The van der Waals surface area contributed by atoms with Gasteiger partial charge >= 0.3 is 0 Å². The van der Waals surface area contributed by atoms with Gasteiger partial charge in [-0.15, -0.1) is 0 Å². The molecule has 0 atom stereocenters. The van der Waals surface area contributed by atoms with Crippen LogP contribution in [0.25, 0.3) is 21.8 Å². The van der Waals surface area contributed by atoms with Crippen LogP contribution >= 0.6 is 0 Å². The molecule has 0 bridgehead atoms. The number of fused-ring (bicyclic) bond motifs is 3. The first-order chi connectivity index (χ1) is 15.6. The minimum absolute atomic E-state index is 0.209. The van der Waals surface area contributed by atoms with E-state index >= 15 is 0 Å². The Bertz CT molecular complexity index is 1350. The quantitative estimate of drug-likeness (QED) is 0.285. The number of anilines is 2. The Labute approximate surface area is 187 Å². The summed E-state index contributed by atoms with van der Waals surface area (Å²) in [5.74, 6) is 3.09. The van der Waals surface area contributed by atoms with Crippen molar-refractivity contribution >= 4 is 39.1 Å². The van der Waals surface area contributed by atoms with Gasteiger partial charge in [-0.05, 0) is 62.1 Å². The molecule has 2 aromatic carbocycles. The van der Waals surface area contributed by atoms with Crippen molar-refractivity contribution in [3.8, 4) is 0 Å². The molecule has 2 fully saturated rings. The fourth-order valence-corrected chi connectivity index (χ4v) is 4.30. The number of nitrogens with one attached hydrogen (secondary N) is 1. The number of para-hydroxylation sites is 1. The number of rotatable bonds is 7. The molecule has 0 spiro atoms. The van der Waals surface area contributed by atoms with E-state index in [0.29, 0.717) is 24.1 Å². The van der Waals surface area contributed by atoms with E-state index in [9.17, 15) is 4.79 Å². The number of aryl methyl sites for hydroxylation is 1. The van der Waals surface area contributed by atoms with Crippen LogP contribution < -0.4 is 5.32 Å². The molecule has 6 rings (SSSR count). The Hall–Kier alpha value is -3.34. The molecule has 0 amide bonds. The number of hydrogen-bond donors (Lipinski definition) is 1. The topological polar surface area (TPSA) is 67.8 Å². The fourth-order valence-electron chi connectivity index (χ4n) is 4.30. The van der Waals surface area contributed by atoms with Gasteiger partial charge in [-0.3, -0.25) is 4.79 Å². The molecule has 4 aromatic rings. The number of benzene rings is 2. The number of ketones is 1. The Morgan fingerprint density at radius 1 is 1.00 bits per heavy atom. The van der Waals surface area contributed by atoms with Gasteiger partial charge < -0.3 is 5.32 Å². The zero-order chi connectivity index (χ0) is 21.7. The predicted molar refractivity (Wildman–Crippen MR) is 127 cm³/mol. The summed E-state index contributed by atoms with van der Waals surface area (Å²) in [5, 5.41) is 5.46. The van der Waals surface area contributed by atoms with Gasteiger partial charge in [0.2, 0.25) is 0 Å². The van der Waals surface area contributed by atoms with Crippen LogP contribution in [0.1, 0.15) is 53.8 Å². The average molecular weight is 423 g/mol. The van der Waals surface area contributed by atoms with Crippen molar-refractivity contribution in [2.45, 2.75) is 45.4 Å². The predicted octanol–water partition coefficient (Wildman–Crippen LogP) is 6.17. The summed E-state index contributed by atoms with van der Waals surface area (Å²) in [7, 11) is 0. The van der Waals surface area contributed by atoms with Crippen molar-refractivity contribution in [1.82, 2.24) is 15.0 Å². The molecule has 2 aliphatic rings. The van der Waals surface area contributed by atoms with Gasteiger partial charge in [0.25, 0.3) is 0 Å². The van der Waals surface area contributed by atoms with Gasteiger partial charge in [0.05, 0.1) is 5.52 Å². The lowest BCUT2D eigenvalue weighted by molar-refractivity contribution is 0.0976. The smallest absolute Gasteiger partial charge is 0.163 e. The van der Waals surface area contributed by atoms with Crippen molar-refractivity contribution in [1.29, 1.82) is 0 Å². The molecule has 5 heteroatoms. The third-order valence-electron chi connectivity index (χ3n) is 6.64. The van der Waals surface area contributed by atoms with Crippen LogP contribution in [0.4, 0.5) is 11.5 Å². The van der Waals surface area contributed by atoms with Crippen LogP contribution in [0.15, 0.2) is 48.7 Å². The molecule has 0 saturated heterocycles. The minimum atomic E-state index is 0.209. The Morgan fingerprint density at radius 2 is 1.81 bits per heavy atom. The first-order valence-electron chi connectivity index (χ1n) is 11.6. The summed E-state index contributed by atoms with van der Waals surface area (Å²) in [5.41, 5.74) is 4.52. The highest BCUT2D eigenvalue weighted by atomic mass is 16.1. The molecular weight excluding hydrogens is 396 g/mol. The highest BCUT2D eigenvalue weighted by molar-refractivity contribution is 6.10. The standard InChI is InChI=1S/C27H26N4O/c1-16-4-2-3-5-22(16)29-27-26-21(15-28-25(31-26)13-18-8-9-18)20-11-10-19(14-23(20)30-27)24(32)12-17-6-7-17/h2-5,10-11,14-15,17-18H,6-9,12-13H2,1H3,(H,29,30). The van der Waals surface area contributed by atoms with E-state index in [1.165, 1.54) is 25.7 Å². The second-order valence-corrected chi connectivity index (χ2v) is 9.40. The fraction of sp³-hybridized carbons (Fsp3) is 0.333. The maximum absolute atomic E-state index is 12.7. The zero-order valence-corrected chi connectivity index (χ0v) is 18.3. The van der Waals surface area contributed by atoms with Gasteiger partial charge in [-0.25, -0.2) is 15.0 Å². The zero-order valence-electron chi connectivity index (χ0n) is 18.3. The molecule has 0 radical (unpaired) electrons. The Balaban J connectivity index is 1.49. The lowest BCUT2D eigenvalue weighted by Crippen LogP contribution is -2.04. The van der Waals surface area contributed by atoms with Gasteiger partial charge in [0, 0.05) is 41.1 Å². The van der Waals surface area contributed by atoms with Gasteiger partial charge in [0.15, 0.2) is 11.6 Å². The summed E-state index contributed by atoms with van der Waals surface area (Å²) in [4.78, 5) is 27.3. The highest BCUT2D eigenvalue weighted by Crippen LogP contribution is 2.36. The van der Waals surface area contributed by atoms with Crippen molar-refractivity contribution in [3.63, 3.8) is 0 Å². The molecule has 2 heterocycles.